The number of methoxy groups -OCH3 is 1. The fourth-order valence-electron chi connectivity index (χ4n) is 2.12. The molecule has 0 fully saturated rings. The molecular weight excluding hydrogens is 325 g/mol. The van der Waals surface area contributed by atoms with Crippen LogP contribution in [0.2, 0.25) is 0 Å². The Bertz CT molecular complexity index is 728. The zero-order valence-electron chi connectivity index (χ0n) is 11.7. The van der Waals surface area contributed by atoms with Gasteiger partial charge in [-0.05, 0) is 0 Å². The third-order valence-corrected chi connectivity index (χ3v) is 5.38. The molecule has 0 aliphatic rings. The number of benzene rings is 2. The van der Waals surface area contributed by atoms with Crippen molar-refractivity contribution in [2.75, 3.05) is 7.11 Å². The van der Waals surface area contributed by atoms with Crippen molar-refractivity contribution in [3.63, 3.8) is 0 Å². The third-order valence-electron chi connectivity index (χ3n) is 3.10. The molecule has 3 heteroatoms. The summed E-state index contributed by atoms with van der Waals surface area (Å²) in [6.07, 6.45) is 1.81. The Kier molecular flexibility index (Phi) is 4.34. The predicted octanol–water partition coefficient (Wildman–Crippen LogP) is 2.41. The van der Waals surface area contributed by atoms with Crippen molar-refractivity contribution in [1.82, 2.24) is 4.98 Å². The van der Waals surface area contributed by atoms with Crippen molar-refractivity contribution in [2.45, 2.75) is 0 Å². The first kappa shape index (κ1) is 13.9. The number of aromatic nitrogens is 1. The van der Waals surface area contributed by atoms with Crippen LogP contribution in [0.1, 0.15) is 0 Å². The maximum atomic E-state index is 5.45. The van der Waals surface area contributed by atoms with Crippen LogP contribution in [0.25, 0.3) is 11.3 Å². The molecule has 0 spiro atoms. The van der Waals surface area contributed by atoms with Crippen molar-refractivity contribution in [3.8, 4) is 17.0 Å². The monoisotopic (exact) mass is 341 g/mol. The van der Waals surface area contributed by atoms with Crippen LogP contribution in [0.15, 0.2) is 72.9 Å². The SMILES string of the molecule is COc1cccnc1-c1ccccc1[Se]c1ccccc1. The van der Waals surface area contributed by atoms with Gasteiger partial charge >= 0.3 is 131 Å². The van der Waals surface area contributed by atoms with Gasteiger partial charge in [0.2, 0.25) is 0 Å². The number of ether oxygens (including phenoxy) is 1. The van der Waals surface area contributed by atoms with Crippen LogP contribution in [-0.4, -0.2) is 27.1 Å². The molecule has 2 aromatic carbocycles. The van der Waals surface area contributed by atoms with Crippen molar-refractivity contribution >= 4 is 23.9 Å². The molecule has 3 aromatic rings. The number of hydrogen-bond donors (Lipinski definition) is 0. The molecule has 0 aliphatic heterocycles. The van der Waals surface area contributed by atoms with Crippen LogP contribution in [0.5, 0.6) is 5.75 Å². The fourth-order valence-corrected chi connectivity index (χ4v) is 4.16. The van der Waals surface area contributed by atoms with Gasteiger partial charge in [-0.2, -0.15) is 0 Å². The molecule has 0 bridgehead atoms. The van der Waals surface area contributed by atoms with Crippen LogP contribution < -0.4 is 13.7 Å². The summed E-state index contributed by atoms with van der Waals surface area (Å²) in [4.78, 5) is 4.51. The van der Waals surface area contributed by atoms with Crippen molar-refractivity contribution in [1.29, 1.82) is 0 Å². The van der Waals surface area contributed by atoms with E-state index < -0.39 is 0 Å². The molecule has 0 saturated carbocycles. The standard InChI is InChI=1S/C18H15NOSe/c1-20-16-11-7-13-19-18(16)15-10-5-6-12-17(15)21-14-8-3-2-4-9-14/h2-13H,1H3. The zero-order valence-corrected chi connectivity index (χ0v) is 13.4. The van der Waals surface area contributed by atoms with E-state index >= 15 is 0 Å². The summed E-state index contributed by atoms with van der Waals surface area (Å²) in [7, 11) is 1.69. The van der Waals surface area contributed by atoms with Crippen molar-refractivity contribution < 1.29 is 4.74 Å². The average Bonchev–Trinajstić information content (AvgIpc) is 2.56. The first-order valence-electron chi connectivity index (χ1n) is 6.70. The minimum absolute atomic E-state index is 0.250. The van der Waals surface area contributed by atoms with Crippen molar-refractivity contribution in [2.24, 2.45) is 0 Å². The Morgan fingerprint density at radius 2 is 1.62 bits per heavy atom. The number of hydrogen-bond acceptors (Lipinski definition) is 2. The second-order valence-electron chi connectivity index (χ2n) is 4.47. The fraction of sp³-hybridized carbons (Fsp3) is 0.0556. The van der Waals surface area contributed by atoms with E-state index in [1.807, 2.05) is 30.5 Å². The molecule has 0 radical (unpaired) electrons. The number of nitrogens with zero attached hydrogens (tertiary/aromatic N) is 1. The molecular formula is C18H15NOSe. The van der Waals surface area contributed by atoms with Crippen molar-refractivity contribution in [3.05, 3.63) is 72.9 Å². The molecule has 0 atom stereocenters. The molecule has 0 amide bonds. The summed E-state index contributed by atoms with van der Waals surface area (Å²) in [6.45, 7) is 0. The molecule has 21 heavy (non-hydrogen) atoms. The van der Waals surface area contributed by atoms with Gasteiger partial charge in [-0.1, -0.05) is 0 Å². The zero-order chi connectivity index (χ0) is 14.5. The normalized spacial score (nSPS) is 10.3. The Balaban J connectivity index is 2.04. The van der Waals surface area contributed by atoms with E-state index in [4.69, 9.17) is 4.74 Å². The second kappa shape index (κ2) is 6.57. The number of rotatable bonds is 4. The molecule has 2 nitrogen and oxygen atoms in total. The molecule has 0 N–H and O–H groups in total. The Hall–Kier alpha value is -2.09. The summed E-state index contributed by atoms with van der Waals surface area (Å²) in [5, 5.41) is 0. The van der Waals surface area contributed by atoms with E-state index in [9.17, 15) is 0 Å². The summed E-state index contributed by atoms with van der Waals surface area (Å²) in [5.74, 6) is 0.814. The van der Waals surface area contributed by atoms with E-state index in [1.165, 1.54) is 8.92 Å². The third kappa shape index (κ3) is 3.15. The first-order valence-corrected chi connectivity index (χ1v) is 8.41. The van der Waals surface area contributed by atoms with Gasteiger partial charge in [-0.3, -0.25) is 0 Å². The summed E-state index contributed by atoms with van der Waals surface area (Å²) in [5.41, 5.74) is 2.06. The molecule has 1 aromatic heterocycles. The van der Waals surface area contributed by atoms with Gasteiger partial charge in [0.1, 0.15) is 0 Å². The summed E-state index contributed by atoms with van der Waals surface area (Å²) >= 11 is 0.250. The quantitative estimate of drug-likeness (QED) is 0.681. The van der Waals surface area contributed by atoms with E-state index in [2.05, 4.69) is 47.4 Å². The molecule has 104 valence electrons. The van der Waals surface area contributed by atoms with E-state index in [1.54, 1.807) is 7.11 Å². The van der Waals surface area contributed by atoms with E-state index in [0.29, 0.717) is 0 Å². The predicted molar refractivity (Wildman–Crippen MR) is 87.7 cm³/mol. The average molecular weight is 340 g/mol. The van der Waals surface area contributed by atoms with Gasteiger partial charge in [-0.15, -0.1) is 0 Å². The van der Waals surface area contributed by atoms with Gasteiger partial charge in [0, 0.05) is 0 Å². The van der Waals surface area contributed by atoms with Gasteiger partial charge in [0.15, 0.2) is 0 Å². The summed E-state index contributed by atoms with van der Waals surface area (Å²) in [6, 6.07) is 22.8. The van der Waals surface area contributed by atoms with Crippen LogP contribution in [0, 0.1) is 0 Å². The Morgan fingerprint density at radius 1 is 0.857 bits per heavy atom. The summed E-state index contributed by atoms with van der Waals surface area (Å²) < 4.78 is 8.12. The van der Waals surface area contributed by atoms with Crippen LogP contribution in [0.3, 0.4) is 0 Å². The number of pyridine rings is 1. The van der Waals surface area contributed by atoms with Crippen LogP contribution in [0.4, 0.5) is 0 Å². The first-order chi connectivity index (χ1) is 10.4. The molecule has 3 rings (SSSR count). The molecule has 0 aliphatic carbocycles. The van der Waals surface area contributed by atoms with Gasteiger partial charge in [-0.25, -0.2) is 0 Å². The van der Waals surface area contributed by atoms with Crippen LogP contribution >= 0.6 is 0 Å². The molecule has 0 saturated heterocycles. The molecule has 0 unspecified atom stereocenters. The van der Waals surface area contributed by atoms with Gasteiger partial charge in [0.05, 0.1) is 0 Å². The second-order valence-corrected chi connectivity index (χ2v) is 6.81. The van der Waals surface area contributed by atoms with E-state index in [-0.39, 0.29) is 15.0 Å². The van der Waals surface area contributed by atoms with Crippen LogP contribution in [-0.2, 0) is 0 Å². The topological polar surface area (TPSA) is 22.1 Å². The minimum atomic E-state index is 0.250. The van der Waals surface area contributed by atoms with Gasteiger partial charge < -0.3 is 0 Å². The maximum absolute atomic E-state index is 5.45. The van der Waals surface area contributed by atoms with Gasteiger partial charge in [0.25, 0.3) is 0 Å². The Labute approximate surface area is 131 Å². The Morgan fingerprint density at radius 3 is 2.43 bits per heavy atom. The molecule has 1 heterocycles. The van der Waals surface area contributed by atoms with E-state index in [0.717, 1.165) is 17.0 Å².